The lowest BCUT2D eigenvalue weighted by Crippen LogP contribution is -2.29. The van der Waals surface area contributed by atoms with Gasteiger partial charge in [-0.3, -0.25) is 9.32 Å². The molecule has 0 unspecified atom stereocenters. The lowest BCUT2D eigenvalue weighted by Gasteiger charge is -2.20. The predicted molar refractivity (Wildman–Crippen MR) is 160 cm³/mol. The summed E-state index contributed by atoms with van der Waals surface area (Å²) in [4.78, 5) is 45.6. The Morgan fingerprint density at radius 2 is 1.93 bits per heavy atom. The van der Waals surface area contributed by atoms with Crippen LogP contribution in [0.3, 0.4) is 0 Å². The smallest absolute Gasteiger partial charge is 0.469 e. The molecular formula is C27H31F2N6O7PS. The molecule has 236 valence electrons. The molecule has 4 N–H and O–H groups in total. The lowest BCUT2D eigenvalue weighted by atomic mass is 10.2. The quantitative estimate of drug-likeness (QED) is 0.0990. The second kappa shape index (κ2) is 15.3. The van der Waals surface area contributed by atoms with Crippen LogP contribution in [0, 0.1) is 11.6 Å². The van der Waals surface area contributed by atoms with Crippen LogP contribution in [-0.4, -0.2) is 75.5 Å². The topological polar surface area (TPSA) is 168 Å². The molecule has 44 heavy (non-hydrogen) atoms. The summed E-state index contributed by atoms with van der Waals surface area (Å²) in [7, 11) is -2.98. The molecule has 4 aromatic rings. The number of hydrogen-bond donors (Lipinski definition) is 4. The van der Waals surface area contributed by atoms with Crippen molar-refractivity contribution in [1.29, 1.82) is 0 Å². The number of carbonyl (C=O) groups excluding carboxylic acids is 1. The fraction of sp³-hybridized carbons (Fsp3) is 0.333. The summed E-state index contributed by atoms with van der Waals surface area (Å²) in [5.41, 5.74) is 0.341. The summed E-state index contributed by atoms with van der Waals surface area (Å²) in [5.74, 6) is -1.31. The largest absolute Gasteiger partial charge is 0.493 e. The third-order valence-corrected chi connectivity index (χ3v) is 7.68. The number of nitrogens with one attached hydrogen (secondary N) is 2. The zero-order valence-corrected chi connectivity index (χ0v) is 25.5. The molecule has 2 aromatic heterocycles. The van der Waals surface area contributed by atoms with Crippen LogP contribution in [0.4, 0.5) is 25.4 Å². The molecule has 0 fully saturated rings. The number of hydrogen-bond acceptors (Lipinski definition) is 11. The van der Waals surface area contributed by atoms with E-state index in [0.717, 1.165) is 6.07 Å². The molecule has 17 heteroatoms. The number of benzene rings is 2. The Kier molecular flexibility index (Phi) is 11.5. The molecule has 2 heterocycles. The summed E-state index contributed by atoms with van der Waals surface area (Å²) in [6.07, 6.45) is 3.44. The lowest BCUT2D eigenvalue weighted by molar-refractivity contribution is -0.115. The van der Waals surface area contributed by atoms with Crippen molar-refractivity contribution in [3.63, 3.8) is 0 Å². The van der Waals surface area contributed by atoms with E-state index in [2.05, 4.69) is 30.1 Å². The predicted octanol–water partition coefficient (Wildman–Crippen LogP) is 4.50. The van der Waals surface area contributed by atoms with Crippen molar-refractivity contribution in [2.75, 3.05) is 50.6 Å². The van der Waals surface area contributed by atoms with E-state index >= 15 is 0 Å². The third kappa shape index (κ3) is 9.35. The van der Waals surface area contributed by atoms with Gasteiger partial charge in [-0.2, -0.15) is 0 Å². The van der Waals surface area contributed by atoms with Gasteiger partial charge in [-0.25, -0.2) is 28.3 Å². The van der Waals surface area contributed by atoms with Crippen molar-refractivity contribution in [3.05, 3.63) is 59.4 Å². The second-order valence-corrected chi connectivity index (χ2v) is 11.6. The standard InChI is InChI=1S/C27H31F2N6O7PS/c1-3-35(9-11-42-43(37,38)39)8-5-10-41-23-14-21-18(13-22(23)40-2)26(32-16-31-21)34-27-30-15-17(44-27)12-24(36)33-20-7-4-6-19(28)25(20)29/h4,6-7,13-16H,3,5,8-12H2,1-2H3,(H,33,36)(H2,37,38,39)(H,30,31,32,34). The first kappa shape index (κ1) is 33.1. The molecule has 0 aliphatic rings. The Bertz CT molecular complexity index is 1640. The van der Waals surface area contributed by atoms with Crippen LogP contribution in [0.15, 0.2) is 42.9 Å². The number of methoxy groups -OCH3 is 1. The number of halogens is 2. The van der Waals surface area contributed by atoms with E-state index in [9.17, 15) is 18.1 Å². The summed E-state index contributed by atoms with van der Waals surface area (Å²) in [5, 5.41) is 6.58. The molecule has 0 bridgehead atoms. The number of likely N-dealkylation sites (N-methyl/N-ethyl adjacent to an activating group) is 1. The van der Waals surface area contributed by atoms with E-state index in [1.165, 1.54) is 43.1 Å². The molecule has 0 saturated heterocycles. The molecule has 0 aliphatic heterocycles. The van der Waals surface area contributed by atoms with Crippen molar-refractivity contribution in [2.24, 2.45) is 0 Å². The van der Waals surface area contributed by atoms with Gasteiger partial charge in [0.1, 0.15) is 12.1 Å². The summed E-state index contributed by atoms with van der Waals surface area (Å²) < 4.78 is 54.2. The number of aromatic nitrogens is 3. The molecule has 0 aliphatic carbocycles. The number of thiazole rings is 1. The van der Waals surface area contributed by atoms with Crippen LogP contribution in [0.25, 0.3) is 10.9 Å². The van der Waals surface area contributed by atoms with Crippen molar-refractivity contribution < 1.29 is 41.9 Å². The maximum absolute atomic E-state index is 13.9. The van der Waals surface area contributed by atoms with Gasteiger partial charge in [-0.05, 0) is 31.2 Å². The molecule has 13 nitrogen and oxygen atoms in total. The van der Waals surface area contributed by atoms with Crippen LogP contribution < -0.4 is 20.1 Å². The zero-order chi connectivity index (χ0) is 31.7. The fourth-order valence-electron chi connectivity index (χ4n) is 4.12. The monoisotopic (exact) mass is 652 g/mol. The summed E-state index contributed by atoms with van der Waals surface area (Å²) in [6, 6.07) is 7.02. The summed E-state index contributed by atoms with van der Waals surface area (Å²) in [6.45, 7) is 3.90. The molecule has 1 amide bonds. The van der Waals surface area contributed by atoms with E-state index in [1.54, 1.807) is 12.1 Å². The van der Waals surface area contributed by atoms with E-state index < -0.39 is 25.4 Å². The Morgan fingerprint density at radius 1 is 1.11 bits per heavy atom. The van der Waals surface area contributed by atoms with Gasteiger partial charge in [0.15, 0.2) is 28.3 Å². The number of phosphoric acid groups is 1. The Balaban J connectivity index is 1.36. The number of anilines is 3. The van der Waals surface area contributed by atoms with Crippen LogP contribution in [-0.2, 0) is 20.3 Å². The number of ether oxygens (including phenoxy) is 2. The number of phosphoric ester groups is 1. The van der Waals surface area contributed by atoms with E-state index in [4.69, 9.17) is 19.3 Å². The number of fused-ring (bicyclic) bond motifs is 1. The Labute approximate surface area is 255 Å². The van der Waals surface area contributed by atoms with Gasteiger partial charge in [0.25, 0.3) is 0 Å². The normalized spacial score (nSPS) is 11.6. The fourth-order valence-corrected chi connectivity index (χ4v) is 5.25. The van der Waals surface area contributed by atoms with E-state index in [-0.39, 0.29) is 18.7 Å². The van der Waals surface area contributed by atoms with Gasteiger partial charge >= 0.3 is 7.82 Å². The van der Waals surface area contributed by atoms with Crippen LogP contribution in [0.5, 0.6) is 11.5 Å². The first-order chi connectivity index (χ1) is 21.1. The highest BCUT2D eigenvalue weighted by molar-refractivity contribution is 7.46. The number of carbonyl (C=O) groups is 1. The van der Waals surface area contributed by atoms with Crippen molar-refractivity contribution in [1.82, 2.24) is 19.9 Å². The van der Waals surface area contributed by atoms with Crippen molar-refractivity contribution >= 4 is 52.6 Å². The highest BCUT2D eigenvalue weighted by Crippen LogP contribution is 2.36. The Morgan fingerprint density at radius 3 is 2.68 bits per heavy atom. The van der Waals surface area contributed by atoms with E-state index in [1.807, 2.05) is 11.8 Å². The number of rotatable bonds is 16. The SMILES string of the molecule is CCN(CCCOc1cc2ncnc(Nc3ncc(CC(=O)Nc4cccc(F)c4F)s3)c2cc1OC)CCOP(=O)(O)O. The van der Waals surface area contributed by atoms with Gasteiger partial charge in [-0.1, -0.05) is 13.0 Å². The van der Waals surface area contributed by atoms with Gasteiger partial charge in [-0.15, -0.1) is 11.3 Å². The molecular weight excluding hydrogens is 621 g/mol. The second-order valence-electron chi connectivity index (χ2n) is 9.29. The van der Waals surface area contributed by atoms with Gasteiger partial charge < -0.3 is 34.8 Å². The van der Waals surface area contributed by atoms with Crippen LogP contribution >= 0.6 is 19.2 Å². The zero-order valence-electron chi connectivity index (χ0n) is 23.8. The van der Waals surface area contributed by atoms with Gasteiger partial charge in [0.2, 0.25) is 5.91 Å². The van der Waals surface area contributed by atoms with Crippen molar-refractivity contribution in [2.45, 2.75) is 19.8 Å². The highest BCUT2D eigenvalue weighted by Gasteiger charge is 2.16. The van der Waals surface area contributed by atoms with Crippen LogP contribution in [0.2, 0.25) is 0 Å². The average Bonchev–Trinajstić information content (AvgIpc) is 3.42. The molecule has 0 radical (unpaired) electrons. The Hall–Kier alpha value is -3.79. The van der Waals surface area contributed by atoms with Crippen LogP contribution in [0.1, 0.15) is 18.2 Å². The minimum absolute atomic E-state index is 0.0804. The average molecular weight is 653 g/mol. The minimum Gasteiger partial charge on any atom is -0.493 e. The molecule has 0 spiro atoms. The third-order valence-electron chi connectivity index (χ3n) is 6.25. The van der Waals surface area contributed by atoms with Gasteiger partial charge in [0.05, 0.1) is 37.9 Å². The maximum atomic E-state index is 13.9. The summed E-state index contributed by atoms with van der Waals surface area (Å²) >= 11 is 1.20. The van der Waals surface area contributed by atoms with Gasteiger partial charge in [0, 0.05) is 35.6 Å². The van der Waals surface area contributed by atoms with Crippen molar-refractivity contribution in [3.8, 4) is 11.5 Å². The first-order valence-electron chi connectivity index (χ1n) is 13.4. The minimum atomic E-state index is -4.49. The molecule has 2 aromatic carbocycles. The molecule has 0 atom stereocenters. The number of nitrogens with zero attached hydrogens (tertiary/aromatic N) is 4. The highest BCUT2D eigenvalue weighted by atomic mass is 32.1. The van der Waals surface area contributed by atoms with E-state index in [0.29, 0.717) is 70.9 Å². The number of amides is 1. The first-order valence-corrected chi connectivity index (χ1v) is 15.7. The maximum Gasteiger partial charge on any atom is 0.469 e. The molecule has 4 rings (SSSR count). The molecule has 0 saturated carbocycles.